The molecule has 0 unspecified atom stereocenters. The Bertz CT molecular complexity index is 1360. The molecule has 9 heteroatoms. The first-order valence-electron chi connectivity index (χ1n) is 12.0. The number of piperazine rings is 1. The fourth-order valence-corrected chi connectivity index (χ4v) is 5.53. The number of amides is 1. The largest absolute Gasteiger partial charge is 0.340 e. The molecule has 0 saturated carbocycles. The summed E-state index contributed by atoms with van der Waals surface area (Å²) in [4.78, 5) is 30.5. The van der Waals surface area contributed by atoms with Crippen LogP contribution in [-0.4, -0.2) is 58.5 Å². The van der Waals surface area contributed by atoms with E-state index < -0.39 is 0 Å². The Labute approximate surface area is 208 Å². The van der Waals surface area contributed by atoms with Gasteiger partial charge in [-0.05, 0) is 66.8 Å². The number of carbonyl (C=O) groups excluding carboxylic acids is 1. The van der Waals surface area contributed by atoms with Crippen molar-refractivity contribution in [2.75, 3.05) is 48.3 Å². The van der Waals surface area contributed by atoms with Crippen molar-refractivity contribution in [3.05, 3.63) is 65.3 Å². The molecule has 1 fully saturated rings. The number of fused-ring (bicyclic) bond motifs is 2. The summed E-state index contributed by atoms with van der Waals surface area (Å²) in [6.07, 6.45) is 5.26. The van der Waals surface area contributed by atoms with Crippen molar-refractivity contribution < 1.29 is 4.79 Å². The lowest BCUT2D eigenvalue weighted by Gasteiger charge is -2.34. The Morgan fingerprint density at radius 2 is 1.80 bits per heavy atom. The van der Waals surface area contributed by atoms with Crippen LogP contribution in [0.2, 0.25) is 0 Å². The number of aryl methyl sites for hydroxylation is 2. The fourth-order valence-electron chi connectivity index (χ4n) is 4.81. The summed E-state index contributed by atoms with van der Waals surface area (Å²) >= 11 is 1.62. The van der Waals surface area contributed by atoms with Gasteiger partial charge in [-0.25, -0.2) is 9.97 Å². The van der Waals surface area contributed by atoms with Crippen molar-refractivity contribution in [1.82, 2.24) is 19.9 Å². The van der Waals surface area contributed by atoms with Gasteiger partial charge in [0.2, 0.25) is 11.9 Å². The highest BCUT2D eigenvalue weighted by Crippen LogP contribution is 2.26. The maximum atomic E-state index is 12.6. The summed E-state index contributed by atoms with van der Waals surface area (Å²) in [5.41, 5.74) is 7.53. The maximum Gasteiger partial charge on any atom is 0.238 e. The molecule has 2 aromatic heterocycles. The number of aromatic nitrogens is 3. The van der Waals surface area contributed by atoms with Gasteiger partial charge in [0.15, 0.2) is 0 Å². The second kappa shape index (κ2) is 9.59. The molecular weight excluding hydrogens is 458 g/mol. The van der Waals surface area contributed by atoms with E-state index in [1.165, 1.54) is 17.5 Å². The van der Waals surface area contributed by atoms with Crippen LogP contribution in [0.1, 0.15) is 17.5 Å². The molecule has 1 saturated heterocycles. The second-order valence-corrected chi connectivity index (χ2v) is 9.94. The van der Waals surface area contributed by atoms with Crippen LogP contribution in [0.4, 0.5) is 23.1 Å². The summed E-state index contributed by atoms with van der Waals surface area (Å²) in [5, 5.41) is 6.45. The molecule has 0 spiro atoms. The smallest absolute Gasteiger partial charge is 0.238 e. The Balaban J connectivity index is 1.03. The van der Waals surface area contributed by atoms with E-state index >= 15 is 0 Å². The summed E-state index contributed by atoms with van der Waals surface area (Å²) < 4.78 is 1.14. The summed E-state index contributed by atoms with van der Waals surface area (Å²) in [6.45, 7) is 3.54. The zero-order valence-electron chi connectivity index (χ0n) is 19.4. The van der Waals surface area contributed by atoms with Crippen molar-refractivity contribution in [3.63, 3.8) is 0 Å². The minimum Gasteiger partial charge on any atom is -0.340 e. The molecule has 0 bridgehead atoms. The van der Waals surface area contributed by atoms with Gasteiger partial charge in [-0.2, -0.15) is 4.98 Å². The van der Waals surface area contributed by atoms with E-state index in [9.17, 15) is 4.79 Å². The third-order valence-corrected chi connectivity index (χ3v) is 7.44. The minimum absolute atomic E-state index is 0.0387. The predicted octanol–water partition coefficient (Wildman–Crippen LogP) is 4.08. The molecule has 0 radical (unpaired) electrons. The molecule has 1 aliphatic carbocycles. The van der Waals surface area contributed by atoms with E-state index in [1.807, 2.05) is 29.8 Å². The molecule has 178 valence electrons. The summed E-state index contributed by atoms with van der Waals surface area (Å²) in [5.74, 6) is 1.50. The van der Waals surface area contributed by atoms with Crippen LogP contribution in [0, 0.1) is 0 Å². The number of nitrogens with zero attached hydrogens (tertiary/aromatic N) is 5. The number of thiazole rings is 1. The van der Waals surface area contributed by atoms with Gasteiger partial charge in [0.25, 0.3) is 0 Å². The molecule has 8 nitrogen and oxygen atoms in total. The summed E-state index contributed by atoms with van der Waals surface area (Å²) in [6, 6.07) is 14.3. The Morgan fingerprint density at radius 1 is 0.943 bits per heavy atom. The van der Waals surface area contributed by atoms with Gasteiger partial charge in [0.1, 0.15) is 5.82 Å². The van der Waals surface area contributed by atoms with Gasteiger partial charge in [0.05, 0.1) is 22.3 Å². The lowest BCUT2D eigenvalue weighted by molar-refractivity contribution is -0.117. The average molecular weight is 486 g/mol. The molecule has 1 amide bonds. The standard InChI is InChI=1S/C26H27N7OS/c34-25(30-20-5-4-18-2-1-3-19(18)14-20)16-32-10-12-33(13-11-32)26-27-9-8-24(31-26)29-21-6-7-22-23(15-21)35-17-28-22/h4-9,14-15,17H,1-3,10-13,16H2,(H,30,34)(H,27,29,31). The van der Waals surface area contributed by atoms with Crippen molar-refractivity contribution in [2.24, 2.45) is 0 Å². The van der Waals surface area contributed by atoms with E-state index in [0.29, 0.717) is 12.5 Å². The van der Waals surface area contributed by atoms with Crippen LogP contribution in [0.15, 0.2) is 54.2 Å². The fraction of sp³-hybridized carbons (Fsp3) is 0.308. The van der Waals surface area contributed by atoms with Crippen LogP contribution in [0.3, 0.4) is 0 Å². The molecule has 35 heavy (non-hydrogen) atoms. The van der Waals surface area contributed by atoms with Gasteiger partial charge < -0.3 is 15.5 Å². The van der Waals surface area contributed by atoms with Crippen LogP contribution in [0.25, 0.3) is 10.2 Å². The zero-order chi connectivity index (χ0) is 23.6. The van der Waals surface area contributed by atoms with Crippen molar-refractivity contribution in [3.8, 4) is 0 Å². The Kier molecular flexibility index (Phi) is 6.01. The van der Waals surface area contributed by atoms with E-state index in [-0.39, 0.29) is 5.91 Å². The van der Waals surface area contributed by atoms with Crippen LogP contribution >= 0.6 is 11.3 Å². The van der Waals surface area contributed by atoms with Crippen LogP contribution < -0.4 is 15.5 Å². The van der Waals surface area contributed by atoms with E-state index in [4.69, 9.17) is 4.98 Å². The van der Waals surface area contributed by atoms with Crippen molar-refractivity contribution in [1.29, 1.82) is 0 Å². The Hall–Kier alpha value is -3.56. The second-order valence-electron chi connectivity index (χ2n) is 9.05. The first-order valence-corrected chi connectivity index (χ1v) is 12.9. The van der Waals surface area contributed by atoms with Gasteiger partial charge in [-0.1, -0.05) is 6.07 Å². The molecule has 2 N–H and O–H groups in total. The molecule has 6 rings (SSSR count). The SMILES string of the molecule is O=C(CN1CCN(c2nccc(Nc3ccc4ncsc4c3)n2)CC1)Nc1ccc2c(c1)CCC2. The Morgan fingerprint density at radius 3 is 2.71 bits per heavy atom. The third kappa shape index (κ3) is 4.96. The zero-order valence-corrected chi connectivity index (χ0v) is 20.2. The average Bonchev–Trinajstić information content (AvgIpc) is 3.53. The highest BCUT2D eigenvalue weighted by atomic mass is 32.1. The van der Waals surface area contributed by atoms with Gasteiger partial charge in [0, 0.05) is 43.8 Å². The molecule has 2 aliphatic rings. The number of rotatable bonds is 6. The van der Waals surface area contributed by atoms with Gasteiger partial charge in [-0.3, -0.25) is 9.69 Å². The summed E-state index contributed by atoms with van der Waals surface area (Å²) in [7, 11) is 0. The topological polar surface area (TPSA) is 86.3 Å². The number of hydrogen-bond donors (Lipinski definition) is 2. The lowest BCUT2D eigenvalue weighted by Crippen LogP contribution is -2.49. The molecular formula is C26H27N7OS. The number of benzene rings is 2. The van der Waals surface area contributed by atoms with Gasteiger partial charge >= 0.3 is 0 Å². The van der Waals surface area contributed by atoms with Crippen molar-refractivity contribution >= 4 is 50.6 Å². The molecule has 4 aromatic rings. The monoisotopic (exact) mass is 485 g/mol. The first kappa shape index (κ1) is 21.9. The predicted molar refractivity (Wildman–Crippen MR) is 141 cm³/mol. The molecule has 1 aliphatic heterocycles. The van der Waals surface area contributed by atoms with E-state index in [0.717, 1.165) is 66.4 Å². The number of hydrogen-bond acceptors (Lipinski definition) is 8. The number of nitrogens with one attached hydrogen (secondary N) is 2. The minimum atomic E-state index is 0.0387. The normalized spacial score (nSPS) is 15.8. The maximum absolute atomic E-state index is 12.6. The van der Waals surface area contributed by atoms with Crippen LogP contribution in [0.5, 0.6) is 0 Å². The van der Waals surface area contributed by atoms with E-state index in [1.54, 1.807) is 17.5 Å². The molecule has 3 heterocycles. The quantitative estimate of drug-likeness (QED) is 0.426. The van der Waals surface area contributed by atoms with Gasteiger partial charge in [-0.15, -0.1) is 11.3 Å². The number of carbonyl (C=O) groups is 1. The first-order chi connectivity index (χ1) is 17.2. The lowest BCUT2D eigenvalue weighted by atomic mass is 10.1. The molecule has 2 aromatic carbocycles. The third-order valence-electron chi connectivity index (χ3n) is 6.65. The van der Waals surface area contributed by atoms with Crippen molar-refractivity contribution in [2.45, 2.75) is 19.3 Å². The highest BCUT2D eigenvalue weighted by Gasteiger charge is 2.21. The molecule has 0 atom stereocenters. The van der Waals surface area contributed by atoms with E-state index in [2.05, 4.69) is 48.6 Å². The highest BCUT2D eigenvalue weighted by molar-refractivity contribution is 7.16. The number of anilines is 4. The van der Waals surface area contributed by atoms with Crippen LogP contribution in [-0.2, 0) is 17.6 Å².